The van der Waals surface area contributed by atoms with Crippen LogP contribution in [0, 0.1) is 0 Å². The monoisotopic (exact) mass is 237 g/mol. The third kappa shape index (κ3) is 7.89. The zero-order valence-corrected chi connectivity index (χ0v) is 9.43. The van der Waals surface area contributed by atoms with E-state index in [9.17, 15) is 18.0 Å². The molecule has 0 aliphatic heterocycles. The van der Waals surface area contributed by atoms with Crippen LogP contribution < -0.4 is 16.4 Å². The minimum Gasteiger partial charge on any atom is -0.351 e. The van der Waals surface area contributed by atoms with E-state index in [1.54, 1.807) is 0 Å². The van der Waals surface area contributed by atoms with E-state index in [1.807, 2.05) is 5.32 Å². The number of nitrogens with one attached hydrogen (secondary N) is 2. The van der Waals surface area contributed by atoms with Gasteiger partial charge in [0.2, 0.25) is 5.91 Å². The molecule has 0 aliphatic carbocycles. The van der Waals surface area contributed by atoms with Crippen molar-refractivity contribution in [1.82, 2.24) is 10.6 Å². The van der Waals surface area contributed by atoms with Crippen molar-refractivity contribution in [2.24, 2.45) is 5.73 Å². The molecule has 8 heteroatoms. The summed E-state index contributed by atoms with van der Waals surface area (Å²) in [5, 5.41) is 4.52. The Balaban J connectivity index is 3.89. The molecule has 0 aromatic heterocycles. The highest BCUT2D eigenvalue weighted by atomic mass is 32.2. The molecular weight excluding hydrogens is 222 g/mol. The number of hydrogen-bond donors (Lipinski definition) is 3. The van der Waals surface area contributed by atoms with Crippen LogP contribution in [0.1, 0.15) is 6.92 Å². The van der Waals surface area contributed by atoms with Crippen LogP contribution in [-0.2, 0) is 14.6 Å². The van der Waals surface area contributed by atoms with Gasteiger partial charge < -0.3 is 11.1 Å². The minimum atomic E-state index is -3.05. The van der Waals surface area contributed by atoms with Crippen molar-refractivity contribution in [3.05, 3.63) is 0 Å². The van der Waals surface area contributed by atoms with Crippen molar-refractivity contribution in [2.75, 3.05) is 18.6 Å². The quantitative estimate of drug-likeness (QED) is 0.521. The number of carbonyl (C=O) groups is 2. The van der Waals surface area contributed by atoms with Crippen molar-refractivity contribution in [2.45, 2.75) is 13.0 Å². The van der Waals surface area contributed by atoms with Crippen molar-refractivity contribution >= 4 is 21.8 Å². The Hall–Kier alpha value is -1.15. The summed E-state index contributed by atoms with van der Waals surface area (Å²) >= 11 is 0. The molecule has 0 fully saturated rings. The normalized spacial score (nSPS) is 13.2. The number of hydrogen-bond acceptors (Lipinski definition) is 5. The fourth-order valence-corrected chi connectivity index (χ4v) is 1.27. The SMILES string of the molecule is CC(NCCS(C)(=O)=O)C(=O)NC(N)=O. The highest BCUT2D eigenvalue weighted by Gasteiger charge is 2.13. The van der Waals surface area contributed by atoms with Gasteiger partial charge in [-0.3, -0.25) is 10.1 Å². The van der Waals surface area contributed by atoms with Crippen LogP contribution in [0.15, 0.2) is 0 Å². The average molecular weight is 237 g/mol. The van der Waals surface area contributed by atoms with Gasteiger partial charge in [-0.05, 0) is 6.92 Å². The van der Waals surface area contributed by atoms with Gasteiger partial charge in [0.15, 0.2) is 0 Å². The summed E-state index contributed by atoms with van der Waals surface area (Å²) in [6.45, 7) is 1.65. The Morgan fingerprint density at radius 3 is 2.33 bits per heavy atom. The van der Waals surface area contributed by atoms with E-state index in [0.29, 0.717) is 0 Å². The van der Waals surface area contributed by atoms with Crippen LogP contribution in [0.3, 0.4) is 0 Å². The third-order valence-corrected chi connectivity index (χ3v) is 2.51. The first-order valence-electron chi connectivity index (χ1n) is 4.24. The Morgan fingerprint density at radius 2 is 1.93 bits per heavy atom. The van der Waals surface area contributed by atoms with Gasteiger partial charge in [0, 0.05) is 12.8 Å². The van der Waals surface area contributed by atoms with Crippen LogP contribution >= 0.6 is 0 Å². The highest BCUT2D eigenvalue weighted by Crippen LogP contribution is 1.84. The third-order valence-electron chi connectivity index (χ3n) is 1.56. The van der Waals surface area contributed by atoms with Crippen LogP contribution in [0.4, 0.5) is 4.79 Å². The zero-order valence-electron chi connectivity index (χ0n) is 8.61. The summed E-state index contributed by atoms with van der Waals surface area (Å²) in [4.78, 5) is 21.4. The molecule has 0 aromatic rings. The van der Waals surface area contributed by atoms with Gasteiger partial charge in [-0.15, -0.1) is 0 Å². The van der Waals surface area contributed by atoms with Gasteiger partial charge in [0.05, 0.1) is 11.8 Å². The first-order chi connectivity index (χ1) is 6.72. The lowest BCUT2D eigenvalue weighted by Crippen LogP contribution is -2.47. The molecule has 1 unspecified atom stereocenters. The Kier molecular flexibility index (Phi) is 5.23. The predicted molar refractivity (Wildman–Crippen MR) is 54.9 cm³/mol. The van der Waals surface area contributed by atoms with Crippen LogP contribution in [0.2, 0.25) is 0 Å². The maximum atomic E-state index is 11.1. The summed E-state index contributed by atoms with van der Waals surface area (Å²) in [6.07, 6.45) is 1.10. The molecule has 0 radical (unpaired) electrons. The van der Waals surface area contributed by atoms with Crippen molar-refractivity contribution < 1.29 is 18.0 Å². The lowest BCUT2D eigenvalue weighted by molar-refractivity contribution is -0.121. The lowest BCUT2D eigenvalue weighted by atomic mass is 10.3. The van der Waals surface area contributed by atoms with Crippen LogP contribution in [0.25, 0.3) is 0 Å². The minimum absolute atomic E-state index is 0.0683. The standard InChI is InChI=1S/C7H15N3O4S/c1-5(6(11)10-7(8)12)9-3-4-15(2,13)14/h5,9H,3-4H2,1-2H3,(H3,8,10,11,12). The molecule has 0 rings (SSSR count). The second-order valence-electron chi connectivity index (χ2n) is 3.16. The maximum absolute atomic E-state index is 11.1. The molecule has 88 valence electrons. The molecule has 7 nitrogen and oxygen atoms in total. The number of nitrogens with two attached hydrogens (primary N) is 1. The number of imide groups is 1. The number of primary amides is 1. The zero-order chi connectivity index (χ0) is 12.1. The molecule has 0 heterocycles. The molecular formula is C7H15N3O4S. The van der Waals surface area contributed by atoms with E-state index in [4.69, 9.17) is 5.73 Å². The molecule has 0 saturated carbocycles. The smallest absolute Gasteiger partial charge is 0.318 e. The number of sulfone groups is 1. The summed E-state index contributed by atoms with van der Waals surface area (Å²) in [6, 6.07) is -1.60. The van der Waals surface area contributed by atoms with Gasteiger partial charge in [-0.25, -0.2) is 13.2 Å². The fraction of sp³-hybridized carbons (Fsp3) is 0.714. The van der Waals surface area contributed by atoms with Gasteiger partial charge in [0.1, 0.15) is 9.84 Å². The Morgan fingerprint density at radius 1 is 1.40 bits per heavy atom. The van der Waals surface area contributed by atoms with Crippen molar-refractivity contribution in [3.8, 4) is 0 Å². The van der Waals surface area contributed by atoms with E-state index >= 15 is 0 Å². The number of rotatable bonds is 5. The first-order valence-corrected chi connectivity index (χ1v) is 6.30. The number of urea groups is 1. The van der Waals surface area contributed by atoms with E-state index in [2.05, 4.69) is 5.32 Å². The van der Waals surface area contributed by atoms with E-state index in [1.165, 1.54) is 6.92 Å². The highest BCUT2D eigenvalue weighted by molar-refractivity contribution is 7.90. The maximum Gasteiger partial charge on any atom is 0.318 e. The lowest BCUT2D eigenvalue weighted by Gasteiger charge is -2.11. The Labute approximate surface area is 88.3 Å². The molecule has 15 heavy (non-hydrogen) atoms. The van der Waals surface area contributed by atoms with Gasteiger partial charge in [-0.1, -0.05) is 0 Å². The van der Waals surface area contributed by atoms with E-state index in [0.717, 1.165) is 6.26 Å². The first kappa shape index (κ1) is 13.8. The molecule has 0 saturated heterocycles. The van der Waals surface area contributed by atoms with E-state index in [-0.39, 0.29) is 12.3 Å². The topological polar surface area (TPSA) is 118 Å². The van der Waals surface area contributed by atoms with Gasteiger partial charge in [0.25, 0.3) is 0 Å². The van der Waals surface area contributed by atoms with Crippen molar-refractivity contribution in [1.29, 1.82) is 0 Å². The van der Waals surface area contributed by atoms with Gasteiger partial charge >= 0.3 is 6.03 Å². The molecule has 0 bridgehead atoms. The largest absolute Gasteiger partial charge is 0.351 e. The second-order valence-corrected chi connectivity index (χ2v) is 5.42. The van der Waals surface area contributed by atoms with Gasteiger partial charge in [-0.2, -0.15) is 0 Å². The summed E-state index contributed by atoms with van der Waals surface area (Å²) < 4.78 is 21.5. The summed E-state index contributed by atoms with van der Waals surface area (Å²) in [5.41, 5.74) is 4.73. The Bertz CT molecular complexity index is 338. The molecule has 1 atom stereocenters. The molecule has 3 amide bonds. The van der Waals surface area contributed by atoms with Crippen LogP contribution in [-0.4, -0.2) is 45.0 Å². The number of amides is 3. The van der Waals surface area contributed by atoms with Crippen molar-refractivity contribution in [3.63, 3.8) is 0 Å². The summed E-state index contributed by atoms with van der Waals surface area (Å²) in [7, 11) is -3.05. The van der Waals surface area contributed by atoms with Crippen LogP contribution in [0.5, 0.6) is 0 Å². The average Bonchev–Trinajstić information content (AvgIpc) is 2.00. The number of carbonyl (C=O) groups excluding carboxylic acids is 2. The predicted octanol–water partition coefficient (Wildman–Crippen LogP) is -1.80. The molecule has 0 aliphatic rings. The molecule has 0 aromatic carbocycles. The molecule has 0 spiro atoms. The molecule has 4 N–H and O–H groups in total. The van der Waals surface area contributed by atoms with E-state index < -0.39 is 27.8 Å². The summed E-state index contributed by atoms with van der Waals surface area (Å²) in [5.74, 6) is -0.655. The second kappa shape index (κ2) is 5.66. The fourth-order valence-electron chi connectivity index (χ4n) is 0.783.